The molecule has 0 amide bonds. The molecule has 0 aliphatic heterocycles. The van der Waals surface area contributed by atoms with Crippen molar-refractivity contribution in [2.75, 3.05) is 19.0 Å². The molecule has 3 nitrogen and oxygen atoms in total. The van der Waals surface area contributed by atoms with Crippen molar-refractivity contribution < 1.29 is 9.47 Å². The van der Waals surface area contributed by atoms with E-state index in [1.165, 1.54) is 5.56 Å². The molecule has 4 heteroatoms. The Bertz CT molecular complexity index is 570. The highest BCUT2D eigenvalue weighted by Crippen LogP contribution is 2.28. The molecule has 0 aromatic heterocycles. The van der Waals surface area contributed by atoms with Crippen LogP contribution in [0.5, 0.6) is 11.5 Å². The lowest BCUT2D eigenvalue weighted by atomic mass is 10.2. The van der Waals surface area contributed by atoms with Crippen molar-refractivity contribution in [2.45, 2.75) is 19.9 Å². The highest BCUT2D eigenvalue weighted by atomic mass is 79.9. The molecular weight excluding hydrogens is 330 g/mol. The summed E-state index contributed by atoms with van der Waals surface area (Å²) < 4.78 is 11.8. The fraction of sp³-hybridized carbons (Fsp3) is 0.294. The van der Waals surface area contributed by atoms with Crippen LogP contribution in [0.1, 0.15) is 18.9 Å². The van der Waals surface area contributed by atoms with E-state index in [0.717, 1.165) is 41.2 Å². The van der Waals surface area contributed by atoms with E-state index in [-0.39, 0.29) is 0 Å². The molecule has 0 aliphatic carbocycles. The first-order chi connectivity index (χ1) is 10.2. The minimum atomic E-state index is 0.760. The summed E-state index contributed by atoms with van der Waals surface area (Å²) in [5, 5.41) is 3.38. The molecule has 0 unspecified atom stereocenters. The van der Waals surface area contributed by atoms with Gasteiger partial charge in [-0.05, 0) is 52.2 Å². The van der Waals surface area contributed by atoms with Crippen LogP contribution < -0.4 is 14.8 Å². The molecule has 0 bridgehead atoms. The van der Waals surface area contributed by atoms with Crippen molar-refractivity contribution in [1.82, 2.24) is 0 Å². The summed E-state index contributed by atoms with van der Waals surface area (Å²) in [7, 11) is 1.67. The Morgan fingerprint density at radius 1 is 1.10 bits per heavy atom. The Morgan fingerprint density at radius 2 is 1.86 bits per heavy atom. The van der Waals surface area contributed by atoms with Gasteiger partial charge in [-0.25, -0.2) is 0 Å². The highest BCUT2D eigenvalue weighted by molar-refractivity contribution is 9.10. The Labute approximate surface area is 134 Å². The van der Waals surface area contributed by atoms with Crippen LogP contribution >= 0.6 is 15.9 Å². The first-order valence-corrected chi connectivity index (χ1v) is 7.81. The zero-order chi connectivity index (χ0) is 15.1. The largest absolute Gasteiger partial charge is 0.495 e. The van der Waals surface area contributed by atoms with E-state index in [2.05, 4.69) is 40.3 Å². The minimum absolute atomic E-state index is 0.760. The third kappa shape index (κ3) is 4.67. The van der Waals surface area contributed by atoms with Gasteiger partial charge in [0.25, 0.3) is 0 Å². The third-order valence-electron chi connectivity index (χ3n) is 3.04. The number of hydrogen-bond acceptors (Lipinski definition) is 3. The molecule has 0 heterocycles. The zero-order valence-electron chi connectivity index (χ0n) is 12.4. The van der Waals surface area contributed by atoms with Crippen molar-refractivity contribution in [2.24, 2.45) is 0 Å². The number of ether oxygens (including phenoxy) is 2. The molecule has 0 atom stereocenters. The van der Waals surface area contributed by atoms with Crippen molar-refractivity contribution in [3.05, 3.63) is 52.5 Å². The zero-order valence-corrected chi connectivity index (χ0v) is 13.9. The summed E-state index contributed by atoms with van der Waals surface area (Å²) in [4.78, 5) is 0. The predicted molar refractivity (Wildman–Crippen MR) is 90.2 cm³/mol. The van der Waals surface area contributed by atoms with Gasteiger partial charge in [0, 0.05) is 18.3 Å². The van der Waals surface area contributed by atoms with Crippen LogP contribution in [0.4, 0.5) is 5.69 Å². The topological polar surface area (TPSA) is 30.5 Å². The number of nitrogens with one attached hydrogen (secondary N) is 1. The van der Waals surface area contributed by atoms with Crippen molar-refractivity contribution in [3.63, 3.8) is 0 Å². The van der Waals surface area contributed by atoms with E-state index in [1.807, 2.05) is 30.3 Å². The summed E-state index contributed by atoms with van der Waals surface area (Å²) in [6.45, 7) is 3.62. The van der Waals surface area contributed by atoms with E-state index in [9.17, 15) is 0 Å². The second-order valence-corrected chi connectivity index (χ2v) is 5.55. The van der Waals surface area contributed by atoms with Gasteiger partial charge in [0.1, 0.15) is 11.5 Å². The maximum Gasteiger partial charge on any atom is 0.135 e. The maximum atomic E-state index is 5.57. The van der Waals surface area contributed by atoms with Crippen molar-refractivity contribution in [1.29, 1.82) is 0 Å². The number of methoxy groups -OCH3 is 1. The molecule has 2 aromatic carbocycles. The Hall–Kier alpha value is -1.68. The lowest BCUT2D eigenvalue weighted by Crippen LogP contribution is -2.00. The van der Waals surface area contributed by atoms with Gasteiger partial charge in [-0.15, -0.1) is 0 Å². The normalized spacial score (nSPS) is 10.2. The Morgan fingerprint density at radius 3 is 2.52 bits per heavy atom. The van der Waals surface area contributed by atoms with Crippen LogP contribution in [0.2, 0.25) is 0 Å². The van der Waals surface area contributed by atoms with Crippen LogP contribution in [-0.4, -0.2) is 13.7 Å². The van der Waals surface area contributed by atoms with Crippen molar-refractivity contribution >= 4 is 21.6 Å². The molecule has 2 aromatic rings. The molecular formula is C17H20BrNO2. The lowest BCUT2D eigenvalue weighted by molar-refractivity contribution is 0.317. The number of benzene rings is 2. The molecule has 0 spiro atoms. The molecule has 0 aliphatic rings. The number of anilines is 1. The van der Waals surface area contributed by atoms with E-state index in [0.29, 0.717) is 0 Å². The summed E-state index contributed by atoms with van der Waals surface area (Å²) in [6.07, 6.45) is 1.02. The van der Waals surface area contributed by atoms with E-state index >= 15 is 0 Å². The number of rotatable bonds is 7. The minimum Gasteiger partial charge on any atom is -0.495 e. The van der Waals surface area contributed by atoms with Gasteiger partial charge in [-0.2, -0.15) is 0 Å². The van der Waals surface area contributed by atoms with Gasteiger partial charge in [-0.3, -0.25) is 0 Å². The van der Waals surface area contributed by atoms with Gasteiger partial charge < -0.3 is 14.8 Å². The first kappa shape index (κ1) is 15.7. The molecule has 21 heavy (non-hydrogen) atoms. The molecule has 0 fully saturated rings. The second kappa shape index (κ2) is 7.93. The first-order valence-electron chi connectivity index (χ1n) is 7.02. The average molecular weight is 350 g/mol. The van der Waals surface area contributed by atoms with E-state index in [1.54, 1.807) is 7.11 Å². The monoisotopic (exact) mass is 349 g/mol. The summed E-state index contributed by atoms with van der Waals surface area (Å²) in [5.41, 5.74) is 2.24. The Balaban J connectivity index is 1.93. The van der Waals surface area contributed by atoms with Crippen LogP contribution in [0, 0.1) is 0 Å². The van der Waals surface area contributed by atoms with Gasteiger partial charge in [-0.1, -0.05) is 19.1 Å². The molecule has 0 saturated carbocycles. The number of hydrogen-bond donors (Lipinski definition) is 1. The fourth-order valence-corrected chi connectivity index (χ4v) is 2.31. The van der Waals surface area contributed by atoms with Crippen molar-refractivity contribution in [3.8, 4) is 11.5 Å². The predicted octanol–water partition coefficient (Wildman–Crippen LogP) is 4.86. The number of halogens is 1. The Kier molecular flexibility index (Phi) is 5.93. The van der Waals surface area contributed by atoms with Crippen LogP contribution in [-0.2, 0) is 6.54 Å². The molecule has 2 rings (SSSR count). The van der Waals surface area contributed by atoms with Crippen LogP contribution in [0.15, 0.2) is 46.9 Å². The maximum absolute atomic E-state index is 5.57. The molecule has 1 N–H and O–H groups in total. The van der Waals surface area contributed by atoms with Crippen LogP contribution in [0.25, 0.3) is 0 Å². The van der Waals surface area contributed by atoms with Gasteiger partial charge >= 0.3 is 0 Å². The summed E-state index contributed by atoms with van der Waals surface area (Å²) >= 11 is 3.45. The summed E-state index contributed by atoms with van der Waals surface area (Å²) in [5.74, 6) is 1.74. The molecule has 0 saturated heterocycles. The lowest BCUT2D eigenvalue weighted by Gasteiger charge is -2.10. The smallest absolute Gasteiger partial charge is 0.135 e. The van der Waals surface area contributed by atoms with Gasteiger partial charge in [0.05, 0.1) is 18.2 Å². The van der Waals surface area contributed by atoms with E-state index < -0.39 is 0 Å². The SMILES string of the molecule is CCCOc1ccc(CNc2ccc(Br)c(OC)c2)cc1. The second-order valence-electron chi connectivity index (χ2n) is 4.70. The van der Waals surface area contributed by atoms with Gasteiger partial charge in [0.2, 0.25) is 0 Å². The quantitative estimate of drug-likeness (QED) is 0.774. The summed E-state index contributed by atoms with van der Waals surface area (Å²) in [6, 6.07) is 14.1. The molecule has 112 valence electrons. The third-order valence-corrected chi connectivity index (χ3v) is 3.70. The average Bonchev–Trinajstić information content (AvgIpc) is 2.53. The fourth-order valence-electron chi connectivity index (χ4n) is 1.90. The van der Waals surface area contributed by atoms with E-state index in [4.69, 9.17) is 9.47 Å². The highest BCUT2D eigenvalue weighted by Gasteiger charge is 2.02. The molecule has 0 radical (unpaired) electrons. The standard InChI is InChI=1S/C17H20BrNO2/c1-3-10-21-15-7-4-13(5-8-15)12-19-14-6-9-16(18)17(11-14)20-2/h4-9,11,19H,3,10,12H2,1-2H3. The van der Waals surface area contributed by atoms with Gasteiger partial charge in [0.15, 0.2) is 0 Å². The van der Waals surface area contributed by atoms with Crippen LogP contribution in [0.3, 0.4) is 0 Å².